The molecule has 3 rings (SSSR count). The average molecular weight is 420 g/mol. The average Bonchev–Trinajstić information content (AvgIpc) is 3.29. The maximum absolute atomic E-state index is 11.7. The van der Waals surface area contributed by atoms with Gasteiger partial charge in [-0.1, -0.05) is 0 Å². The number of ether oxygens (including phenoxy) is 2. The third-order valence-corrected chi connectivity index (χ3v) is 5.23. The number of likely N-dealkylation sites (tertiary alicyclic amines) is 1. The summed E-state index contributed by atoms with van der Waals surface area (Å²) in [5.74, 6) is 0.703. The monoisotopic (exact) mass is 419 g/mol. The van der Waals surface area contributed by atoms with Crippen LogP contribution in [0.2, 0.25) is 0 Å². The molecule has 156 valence electrons. The van der Waals surface area contributed by atoms with Gasteiger partial charge in [-0.3, -0.25) is 0 Å². The van der Waals surface area contributed by atoms with E-state index in [-0.39, 0.29) is 6.10 Å². The summed E-state index contributed by atoms with van der Waals surface area (Å²) >= 11 is 1.49. The van der Waals surface area contributed by atoms with E-state index in [1.54, 1.807) is 6.20 Å². The fourth-order valence-electron chi connectivity index (χ4n) is 2.86. The van der Waals surface area contributed by atoms with Crippen LogP contribution in [0.25, 0.3) is 10.6 Å². The highest BCUT2D eigenvalue weighted by Crippen LogP contribution is 2.28. The number of rotatable bonds is 5. The van der Waals surface area contributed by atoms with E-state index in [0.29, 0.717) is 31.8 Å². The summed E-state index contributed by atoms with van der Waals surface area (Å²) in [4.78, 5) is 29.4. The van der Waals surface area contributed by atoms with Crippen molar-refractivity contribution in [1.29, 1.82) is 0 Å². The number of nitrogens with zero attached hydrogens (tertiary/aromatic N) is 2. The first-order valence-electron chi connectivity index (χ1n) is 9.36. The van der Waals surface area contributed by atoms with Crippen LogP contribution in [0.5, 0.6) is 5.75 Å². The van der Waals surface area contributed by atoms with Gasteiger partial charge in [-0.25, -0.2) is 14.6 Å². The standard InChI is InChI=1S/C20H25N3O5S/c1-20(2,3)28-18(24)22-11-16-10-21-17(29-16)13-4-6-14(7-5-13)27-15-8-9-23(12-15)19(25)26/h4-7,10,15H,8-9,11-12H2,1-3H3,(H,22,24)(H,25,26)/t15-/m0/s1. The number of nitrogens with one attached hydrogen (secondary N) is 1. The number of amides is 2. The highest BCUT2D eigenvalue weighted by molar-refractivity contribution is 7.15. The number of carbonyl (C=O) groups excluding carboxylic acids is 1. The van der Waals surface area contributed by atoms with Gasteiger partial charge in [0.2, 0.25) is 0 Å². The summed E-state index contributed by atoms with van der Waals surface area (Å²) in [6, 6.07) is 7.56. The van der Waals surface area contributed by atoms with Crippen molar-refractivity contribution in [2.75, 3.05) is 13.1 Å². The molecule has 1 saturated heterocycles. The largest absolute Gasteiger partial charge is 0.489 e. The van der Waals surface area contributed by atoms with Crippen molar-refractivity contribution in [3.63, 3.8) is 0 Å². The van der Waals surface area contributed by atoms with Crippen LogP contribution in [0, 0.1) is 0 Å². The molecule has 9 heteroatoms. The first-order valence-corrected chi connectivity index (χ1v) is 10.2. The summed E-state index contributed by atoms with van der Waals surface area (Å²) in [7, 11) is 0. The van der Waals surface area contributed by atoms with Crippen LogP contribution in [-0.4, -0.2) is 52.0 Å². The molecule has 0 bridgehead atoms. The lowest BCUT2D eigenvalue weighted by atomic mass is 10.2. The first-order chi connectivity index (χ1) is 13.7. The number of carbonyl (C=O) groups is 2. The van der Waals surface area contributed by atoms with Gasteiger partial charge >= 0.3 is 12.2 Å². The molecule has 2 aromatic rings. The van der Waals surface area contributed by atoms with Crippen molar-refractivity contribution >= 4 is 23.5 Å². The molecule has 2 N–H and O–H groups in total. The molecule has 1 aromatic heterocycles. The summed E-state index contributed by atoms with van der Waals surface area (Å²) < 4.78 is 11.1. The number of benzene rings is 1. The van der Waals surface area contributed by atoms with Crippen molar-refractivity contribution in [2.45, 2.75) is 45.4 Å². The summed E-state index contributed by atoms with van der Waals surface area (Å²) in [6.45, 7) is 6.70. The Balaban J connectivity index is 1.53. The van der Waals surface area contributed by atoms with Gasteiger partial charge in [-0.15, -0.1) is 11.3 Å². The minimum atomic E-state index is -0.910. The van der Waals surface area contributed by atoms with Gasteiger partial charge in [-0.05, 0) is 45.0 Å². The number of hydrogen-bond donors (Lipinski definition) is 2. The molecule has 0 saturated carbocycles. The fraction of sp³-hybridized carbons (Fsp3) is 0.450. The second-order valence-corrected chi connectivity index (χ2v) is 8.88. The van der Waals surface area contributed by atoms with Crippen molar-refractivity contribution in [2.24, 2.45) is 0 Å². The van der Waals surface area contributed by atoms with E-state index in [9.17, 15) is 9.59 Å². The molecule has 1 aliphatic rings. The Labute approximate surface area is 173 Å². The first kappa shape index (κ1) is 20.9. The second kappa shape index (κ2) is 8.69. The fourth-order valence-corrected chi connectivity index (χ4v) is 3.72. The zero-order valence-corrected chi connectivity index (χ0v) is 17.5. The van der Waals surface area contributed by atoms with E-state index >= 15 is 0 Å². The van der Waals surface area contributed by atoms with Crippen LogP contribution in [0.4, 0.5) is 9.59 Å². The molecular weight excluding hydrogens is 394 g/mol. The zero-order chi connectivity index (χ0) is 21.0. The van der Waals surface area contributed by atoms with Gasteiger partial charge in [0.05, 0.1) is 13.1 Å². The number of thiazole rings is 1. The predicted octanol–water partition coefficient (Wildman–Crippen LogP) is 3.97. The van der Waals surface area contributed by atoms with Gasteiger partial charge < -0.3 is 24.8 Å². The van der Waals surface area contributed by atoms with Crippen molar-refractivity contribution < 1.29 is 24.2 Å². The van der Waals surface area contributed by atoms with Crippen LogP contribution in [0.3, 0.4) is 0 Å². The Morgan fingerprint density at radius 2 is 2.03 bits per heavy atom. The number of carboxylic acid groups (broad SMARTS) is 1. The van der Waals surface area contributed by atoms with E-state index < -0.39 is 17.8 Å². The minimum absolute atomic E-state index is 0.123. The van der Waals surface area contributed by atoms with Crippen molar-refractivity contribution in [3.05, 3.63) is 35.3 Å². The lowest BCUT2D eigenvalue weighted by Gasteiger charge is -2.19. The highest BCUT2D eigenvalue weighted by atomic mass is 32.1. The molecule has 1 atom stereocenters. The van der Waals surface area contributed by atoms with E-state index in [1.807, 2.05) is 45.0 Å². The Hall–Kier alpha value is -2.81. The molecule has 0 aliphatic carbocycles. The van der Waals surface area contributed by atoms with E-state index in [0.717, 1.165) is 15.4 Å². The van der Waals surface area contributed by atoms with Crippen LogP contribution in [-0.2, 0) is 11.3 Å². The van der Waals surface area contributed by atoms with Gasteiger partial charge in [0.25, 0.3) is 0 Å². The molecule has 0 radical (unpaired) electrons. The molecule has 0 unspecified atom stereocenters. The van der Waals surface area contributed by atoms with Crippen LogP contribution >= 0.6 is 11.3 Å². The van der Waals surface area contributed by atoms with Crippen LogP contribution in [0.15, 0.2) is 30.5 Å². The van der Waals surface area contributed by atoms with E-state index in [4.69, 9.17) is 14.6 Å². The van der Waals surface area contributed by atoms with E-state index in [1.165, 1.54) is 16.2 Å². The third kappa shape index (κ3) is 6.08. The third-order valence-electron chi connectivity index (χ3n) is 4.18. The SMILES string of the molecule is CC(C)(C)OC(=O)NCc1cnc(-c2ccc(O[C@H]3CCN(C(=O)O)C3)cc2)s1. The van der Waals surface area contributed by atoms with Crippen LogP contribution < -0.4 is 10.1 Å². The molecule has 2 heterocycles. The maximum Gasteiger partial charge on any atom is 0.407 e. The summed E-state index contributed by atoms with van der Waals surface area (Å²) in [6.07, 6.45) is 0.937. The van der Waals surface area contributed by atoms with Gasteiger partial charge in [-0.2, -0.15) is 0 Å². The molecule has 1 fully saturated rings. The quantitative estimate of drug-likeness (QED) is 0.761. The van der Waals surface area contributed by atoms with Crippen molar-refractivity contribution in [1.82, 2.24) is 15.2 Å². The topological polar surface area (TPSA) is 101 Å². The Morgan fingerprint density at radius 1 is 1.31 bits per heavy atom. The van der Waals surface area contributed by atoms with Gasteiger partial charge in [0.1, 0.15) is 22.5 Å². The maximum atomic E-state index is 11.7. The Bertz CT molecular complexity index is 860. The number of hydrogen-bond acceptors (Lipinski definition) is 6. The van der Waals surface area contributed by atoms with Crippen LogP contribution in [0.1, 0.15) is 32.1 Å². The lowest BCUT2D eigenvalue weighted by molar-refractivity contribution is 0.0524. The summed E-state index contributed by atoms with van der Waals surface area (Å²) in [5, 5.41) is 12.6. The molecule has 2 amide bonds. The smallest absolute Gasteiger partial charge is 0.407 e. The van der Waals surface area contributed by atoms with Crippen molar-refractivity contribution in [3.8, 4) is 16.3 Å². The molecule has 0 spiro atoms. The molecular formula is C20H25N3O5S. The lowest BCUT2D eigenvalue weighted by Crippen LogP contribution is -2.31. The molecule has 1 aromatic carbocycles. The molecule has 8 nitrogen and oxygen atoms in total. The number of alkyl carbamates (subject to hydrolysis) is 1. The second-order valence-electron chi connectivity index (χ2n) is 7.77. The van der Waals surface area contributed by atoms with E-state index in [2.05, 4.69) is 10.3 Å². The van der Waals surface area contributed by atoms with Gasteiger partial charge in [0.15, 0.2) is 0 Å². The summed E-state index contributed by atoms with van der Waals surface area (Å²) in [5.41, 5.74) is 0.418. The Kier molecular flexibility index (Phi) is 6.26. The number of aromatic nitrogens is 1. The zero-order valence-electron chi connectivity index (χ0n) is 16.7. The minimum Gasteiger partial charge on any atom is -0.489 e. The predicted molar refractivity (Wildman–Crippen MR) is 109 cm³/mol. The molecule has 29 heavy (non-hydrogen) atoms. The molecule has 1 aliphatic heterocycles. The highest BCUT2D eigenvalue weighted by Gasteiger charge is 2.27. The normalized spacial score (nSPS) is 16.5. The Morgan fingerprint density at radius 3 is 2.66 bits per heavy atom. The van der Waals surface area contributed by atoms with Gasteiger partial charge in [0, 0.05) is 29.6 Å².